The molecule has 1 rings (SSSR count). The highest BCUT2D eigenvalue weighted by atomic mass is 35.5. The minimum atomic E-state index is -4.45. The zero-order chi connectivity index (χ0) is 10.8. The molecule has 0 amide bonds. The van der Waals surface area contributed by atoms with Gasteiger partial charge in [0.05, 0.1) is 17.5 Å². The summed E-state index contributed by atoms with van der Waals surface area (Å²) in [5, 5.41) is 9.24. The maximum absolute atomic E-state index is 12.4. The lowest BCUT2D eigenvalue weighted by Gasteiger charge is -2.15. The first-order valence-electron chi connectivity index (χ1n) is 3.87. The van der Waals surface area contributed by atoms with Gasteiger partial charge in [-0.25, -0.2) is 0 Å². The molecule has 78 valence electrons. The largest absolute Gasteiger partial charge is 0.416 e. The minimum Gasteiger partial charge on any atom is -0.387 e. The monoisotopic (exact) mass is 224 g/mol. The van der Waals surface area contributed by atoms with Crippen LogP contribution in [0.15, 0.2) is 24.3 Å². The molecule has 1 N–H and O–H groups in total. The maximum Gasteiger partial charge on any atom is 0.416 e. The molecular weight excluding hydrogens is 217 g/mol. The highest BCUT2D eigenvalue weighted by Gasteiger charge is 2.34. The first kappa shape index (κ1) is 11.3. The molecule has 0 aromatic heterocycles. The predicted octanol–water partition coefficient (Wildman–Crippen LogP) is 2.98. The van der Waals surface area contributed by atoms with Crippen molar-refractivity contribution < 1.29 is 18.3 Å². The normalized spacial score (nSPS) is 14.1. The highest BCUT2D eigenvalue weighted by molar-refractivity contribution is 6.18. The Labute approximate surface area is 84.1 Å². The van der Waals surface area contributed by atoms with E-state index >= 15 is 0 Å². The van der Waals surface area contributed by atoms with Gasteiger partial charge >= 0.3 is 6.18 Å². The van der Waals surface area contributed by atoms with E-state index in [9.17, 15) is 18.3 Å². The molecule has 0 aliphatic rings. The topological polar surface area (TPSA) is 20.2 Å². The van der Waals surface area contributed by atoms with E-state index in [1.54, 1.807) is 0 Å². The summed E-state index contributed by atoms with van der Waals surface area (Å²) in [7, 11) is 0. The Kier molecular flexibility index (Phi) is 3.39. The molecule has 0 saturated carbocycles. The number of halogens is 4. The second-order valence-corrected chi connectivity index (χ2v) is 3.06. The lowest BCUT2D eigenvalue weighted by molar-refractivity contribution is -0.139. The van der Waals surface area contributed by atoms with Crippen molar-refractivity contribution in [3.8, 4) is 0 Å². The van der Waals surface area contributed by atoms with E-state index in [-0.39, 0.29) is 11.4 Å². The van der Waals surface area contributed by atoms with E-state index in [0.717, 1.165) is 6.07 Å². The highest BCUT2D eigenvalue weighted by Crippen LogP contribution is 2.34. The van der Waals surface area contributed by atoms with Crippen molar-refractivity contribution in [1.29, 1.82) is 0 Å². The SMILES string of the molecule is O[C@H](CCl)c1ccccc1C(F)(F)F. The van der Waals surface area contributed by atoms with Crippen molar-refractivity contribution in [3.05, 3.63) is 35.4 Å². The number of alkyl halides is 4. The molecule has 0 fully saturated rings. The van der Waals surface area contributed by atoms with Gasteiger partial charge < -0.3 is 5.11 Å². The van der Waals surface area contributed by atoms with Gasteiger partial charge in [-0.05, 0) is 11.6 Å². The van der Waals surface area contributed by atoms with Crippen LogP contribution in [0.2, 0.25) is 0 Å². The van der Waals surface area contributed by atoms with Crippen LogP contribution < -0.4 is 0 Å². The van der Waals surface area contributed by atoms with Gasteiger partial charge in [0, 0.05) is 0 Å². The Morgan fingerprint density at radius 2 is 1.86 bits per heavy atom. The summed E-state index contributed by atoms with van der Waals surface area (Å²) in [5.41, 5.74) is -1.02. The molecule has 1 aromatic carbocycles. The van der Waals surface area contributed by atoms with E-state index in [0.29, 0.717) is 0 Å². The molecule has 0 heterocycles. The van der Waals surface area contributed by atoms with Crippen LogP contribution in [0.5, 0.6) is 0 Å². The average Bonchev–Trinajstić information content (AvgIpc) is 2.15. The molecule has 5 heteroatoms. The van der Waals surface area contributed by atoms with Crippen LogP contribution >= 0.6 is 11.6 Å². The number of aliphatic hydroxyl groups is 1. The summed E-state index contributed by atoms with van der Waals surface area (Å²) in [5.74, 6) is -0.257. The van der Waals surface area contributed by atoms with Gasteiger partial charge in [0.1, 0.15) is 0 Å². The van der Waals surface area contributed by atoms with Gasteiger partial charge in [-0.15, -0.1) is 11.6 Å². The molecular formula is C9H8ClF3O. The summed E-state index contributed by atoms with van der Waals surface area (Å²) in [6.45, 7) is 0. The first-order valence-corrected chi connectivity index (χ1v) is 4.40. The van der Waals surface area contributed by atoms with Gasteiger partial charge in [-0.1, -0.05) is 18.2 Å². The van der Waals surface area contributed by atoms with Crippen molar-refractivity contribution in [3.63, 3.8) is 0 Å². The fourth-order valence-electron chi connectivity index (χ4n) is 1.13. The Morgan fingerprint density at radius 3 is 2.36 bits per heavy atom. The van der Waals surface area contributed by atoms with Crippen LogP contribution in [0.3, 0.4) is 0 Å². The number of benzene rings is 1. The fourth-order valence-corrected chi connectivity index (χ4v) is 1.30. The molecule has 14 heavy (non-hydrogen) atoms. The van der Waals surface area contributed by atoms with Crippen LogP contribution in [0.25, 0.3) is 0 Å². The Bertz CT molecular complexity index is 311. The second kappa shape index (κ2) is 4.19. The molecule has 1 atom stereocenters. The lowest BCUT2D eigenvalue weighted by Crippen LogP contribution is -2.12. The van der Waals surface area contributed by atoms with Crippen LogP contribution in [0.4, 0.5) is 13.2 Å². The number of aliphatic hydroxyl groups excluding tert-OH is 1. The summed E-state index contributed by atoms with van der Waals surface area (Å²) in [4.78, 5) is 0. The second-order valence-electron chi connectivity index (χ2n) is 2.76. The molecule has 0 unspecified atom stereocenters. The minimum absolute atomic E-state index is 0.185. The third-order valence-corrected chi connectivity index (χ3v) is 2.06. The molecule has 0 bridgehead atoms. The van der Waals surface area contributed by atoms with Crippen molar-refractivity contribution in [2.75, 3.05) is 5.88 Å². The van der Waals surface area contributed by atoms with Crippen molar-refractivity contribution in [1.82, 2.24) is 0 Å². The van der Waals surface area contributed by atoms with E-state index in [1.807, 2.05) is 0 Å². The van der Waals surface area contributed by atoms with Gasteiger partial charge in [0.2, 0.25) is 0 Å². The molecule has 0 aliphatic heterocycles. The number of rotatable bonds is 2. The molecule has 0 saturated heterocycles. The zero-order valence-corrected chi connectivity index (χ0v) is 7.81. The molecule has 1 aromatic rings. The quantitative estimate of drug-likeness (QED) is 0.766. The summed E-state index contributed by atoms with van der Waals surface area (Å²) in [6.07, 6.45) is -5.74. The van der Waals surface area contributed by atoms with Crippen LogP contribution in [-0.4, -0.2) is 11.0 Å². The van der Waals surface area contributed by atoms with E-state index in [1.165, 1.54) is 18.2 Å². The first-order chi connectivity index (χ1) is 6.46. The predicted molar refractivity (Wildman–Crippen MR) is 47.1 cm³/mol. The molecule has 0 radical (unpaired) electrons. The Hall–Kier alpha value is -0.740. The average molecular weight is 225 g/mol. The maximum atomic E-state index is 12.4. The van der Waals surface area contributed by atoms with Crippen LogP contribution in [0.1, 0.15) is 17.2 Å². The van der Waals surface area contributed by atoms with Gasteiger partial charge in [-0.3, -0.25) is 0 Å². The Morgan fingerprint density at radius 1 is 1.29 bits per heavy atom. The van der Waals surface area contributed by atoms with Crippen LogP contribution in [0, 0.1) is 0 Å². The lowest BCUT2D eigenvalue weighted by atomic mass is 10.0. The smallest absolute Gasteiger partial charge is 0.387 e. The van der Waals surface area contributed by atoms with Crippen molar-refractivity contribution in [2.24, 2.45) is 0 Å². The summed E-state index contributed by atoms with van der Waals surface area (Å²) < 4.78 is 37.2. The van der Waals surface area contributed by atoms with Crippen molar-refractivity contribution >= 4 is 11.6 Å². The van der Waals surface area contributed by atoms with Crippen LogP contribution in [-0.2, 0) is 6.18 Å². The van der Waals surface area contributed by atoms with E-state index in [4.69, 9.17) is 11.6 Å². The molecule has 0 aliphatic carbocycles. The number of hydrogen-bond acceptors (Lipinski definition) is 1. The van der Waals surface area contributed by atoms with Gasteiger partial charge in [-0.2, -0.15) is 13.2 Å². The van der Waals surface area contributed by atoms with Gasteiger partial charge in [0.25, 0.3) is 0 Å². The molecule has 0 spiro atoms. The van der Waals surface area contributed by atoms with Gasteiger partial charge in [0.15, 0.2) is 0 Å². The summed E-state index contributed by atoms with van der Waals surface area (Å²) in [6, 6.07) is 4.84. The van der Waals surface area contributed by atoms with E-state index in [2.05, 4.69) is 0 Å². The van der Waals surface area contributed by atoms with E-state index < -0.39 is 17.8 Å². The summed E-state index contributed by atoms with van der Waals surface area (Å²) >= 11 is 5.29. The third kappa shape index (κ3) is 2.39. The zero-order valence-electron chi connectivity index (χ0n) is 7.05. The Balaban J connectivity index is 3.16. The number of hydrogen-bond donors (Lipinski definition) is 1. The fraction of sp³-hybridized carbons (Fsp3) is 0.333. The molecule has 1 nitrogen and oxygen atoms in total. The standard InChI is InChI=1S/C9H8ClF3O/c10-5-8(14)6-3-1-2-4-7(6)9(11,12)13/h1-4,8,14H,5H2/t8-/m1/s1. The third-order valence-electron chi connectivity index (χ3n) is 1.77. The van der Waals surface area contributed by atoms with Crippen molar-refractivity contribution in [2.45, 2.75) is 12.3 Å².